The highest BCUT2D eigenvalue weighted by Crippen LogP contribution is 2.24. The van der Waals surface area contributed by atoms with Gasteiger partial charge < -0.3 is 15.5 Å². The minimum absolute atomic E-state index is 0.0506. The second-order valence-corrected chi connectivity index (χ2v) is 9.12. The summed E-state index contributed by atoms with van der Waals surface area (Å²) in [5.74, 6) is 1.29. The lowest BCUT2D eigenvalue weighted by Gasteiger charge is -2.11. The molecule has 1 unspecified atom stereocenters. The third kappa shape index (κ3) is 8.71. The van der Waals surface area contributed by atoms with E-state index >= 15 is 0 Å². The number of nitrogens with zero attached hydrogens (tertiary/aromatic N) is 1. The molecule has 1 heterocycles. The van der Waals surface area contributed by atoms with Gasteiger partial charge >= 0.3 is 0 Å². The first kappa shape index (κ1) is 27.3. The summed E-state index contributed by atoms with van der Waals surface area (Å²) in [6.45, 7) is 9.81. The van der Waals surface area contributed by atoms with Crippen molar-refractivity contribution in [3.63, 3.8) is 0 Å². The number of benzene rings is 1. The highest BCUT2D eigenvalue weighted by molar-refractivity contribution is 6.38. The summed E-state index contributed by atoms with van der Waals surface area (Å²) in [4.78, 5) is 27.1. The van der Waals surface area contributed by atoms with Crippen LogP contribution >= 0.6 is 0 Å². The molecule has 0 radical (unpaired) electrons. The molecule has 1 atom stereocenters. The van der Waals surface area contributed by atoms with E-state index in [1.54, 1.807) is 13.1 Å². The van der Waals surface area contributed by atoms with Crippen LogP contribution < -0.4 is 10.1 Å². The fraction of sp³-hybridized carbons (Fsp3) is 0.258. The molecule has 6 nitrogen and oxygen atoms in total. The molecule has 6 heteroatoms. The first-order valence-electron chi connectivity index (χ1n) is 12.3. The summed E-state index contributed by atoms with van der Waals surface area (Å²) in [5, 5.41) is 11.1. The second kappa shape index (κ2) is 13.1. The SMILES string of the molecule is C=C1C=CC(Oc2ccc(-c3ccc(CC(=N)C(C)=O)nc3)cc2)=C=CC(NCCCC(C)C(C)=O)=C1. The second-order valence-electron chi connectivity index (χ2n) is 9.12. The van der Waals surface area contributed by atoms with Gasteiger partial charge in [-0.15, -0.1) is 0 Å². The van der Waals surface area contributed by atoms with Gasteiger partial charge in [-0.25, -0.2) is 0 Å². The normalized spacial score (nSPS) is 13.6. The summed E-state index contributed by atoms with van der Waals surface area (Å²) in [7, 11) is 0. The van der Waals surface area contributed by atoms with Crippen LogP contribution in [0.4, 0.5) is 0 Å². The lowest BCUT2D eigenvalue weighted by molar-refractivity contribution is -0.120. The van der Waals surface area contributed by atoms with E-state index in [4.69, 9.17) is 10.1 Å². The molecule has 2 aromatic rings. The van der Waals surface area contributed by atoms with Crippen LogP contribution in [0, 0.1) is 11.3 Å². The quantitative estimate of drug-likeness (QED) is 0.217. The molecule has 1 aromatic carbocycles. The molecular weight excluding hydrogens is 462 g/mol. The van der Waals surface area contributed by atoms with Crippen LogP contribution in [0.25, 0.3) is 11.1 Å². The molecule has 3 rings (SSSR count). The van der Waals surface area contributed by atoms with Crippen LogP contribution in [0.1, 0.15) is 39.3 Å². The molecular formula is C31H33N3O3. The van der Waals surface area contributed by atoms with Crippen molar-refractivity contribution in [1.82, 2.24) is 10.3 Å². The number of hydrogen-bond acceptors (Lipinski definition) is 6. The van der Waals surface area contributed by atoms with E-state index < -0.39 is 0 Å². The monoisotopic (exact) mass is 495 g/mol. The number of nitrogens with one attached hydrogen (secondary N) is 2. The maximum Gasteiger partial charge on any atom is 0.173 e. The Bertz CT molecular complexity index is 1290. The Balaban J connectivity index is 1.62. The fourth-order valence-electron chi connectivity index (χ4n) is 3.53. The van der Waals surface area contributed by atoms with Gasteiger partial charge in [0.1, 0.15) is 11.5 Å². The van der Waals surface area contributed by atoms with Crippen LogP contribution in [0.3, 0.4) is 0 Å². The van der Waals surface area contributed by atoms with Gasteiger partial charge in [0.2, 0.25) is 0 Å². The molecule has 2 N–H and O–H groups in total. The number of pyridine rings is 1. The van der Waals surface area contributed by atoms with Gasteiger partial charge in [-0.05, 0) is 61.3 Å². The topological polar surface area (TPSA) is 92.1 Å². The zero-order valence-electron chi connectivity index (χ0n) is 21.6. The number of ketones is 2. The summed E-state index contributed by atoms with van der Waals surface area (Å²) < 4.78 is 6.03. The van der Waals surface area contributed by atoms with Crippen molar-refractivity contribution in [2.24, 2.45) is 5.92 Å². The van der Waals surface area contributed by atoms with Crippen molar-refractivity contribution in [3.8, 4) is 16.9 Å². The maximum atomic E-state index is 11.4. The Labute approximate surface area is 218 Å². The predicted molar refractivity (Wildman–Crippen MR) is 147 cm³/mol. The Hall–Kier alpha value is -4.28. The third-order valence-electron chi connectivity index (χ3n) is 6.02. The average molecular weight is 496 g/mol. The van der Waals surface area contributed by atoms with E-state index in [9.17, 15) is 9.59 Å². The number of rotatable bonds is 12. The molecule has 0 spiro atoms. The molecule has 37 heavy (non-hydrogen) atoms. The van der Waals surface area contributed by atoms with Crippen LogP contribution in [0.2, 0.25) is 0 Å². The highest BCUT2D eigenvalue weighted by atomic mass is 16.5. The van der Waals surface area contributed by atoms with E-state index in [1.165, 1.54) is 6.92 Å². The number of carbonyl (C=O) groups excluding carboxylic acids is 2. The number of hydrogen-bond donors (Lipinski definition) is 2. The Morgan fingerprint density at radius 2 is 1.84 bits per heavy atom. The molecule has 0 amide bonds. The van der Waals surface area contributed by atoms with E-state index in [1.807, 2.05) is 67.6 Å². The van der Waals surface area contributed by atoms with Crippen LogP contribution in [-0.4, -0.2) is 28.8 Å². The number of allylic oxidation sites excluding steroid dienone is 4. The van der Waals surface area contributed by atoms with Gasteiger partial charge in [-0.2, -0.15) is 0 Å². The number of carbonyl (C=O) groups is 2. The summed E-state index contributed by atoms with van der Waals surface area (Å²) in [6, 6.07) is 11.4. The van der Waals surface area contributed by atoms with Crippen molar-refractivity contribution in [3.05, 3.63) is 102 Å². The molecule has 0 saturated heterocycles. The van der Waals surface area contributed by atoms with Gasteiger partial charge in [0.15, 0.2) is 11.5 Å². The molecule has 1 aliphatic rings. The highest BCUT2D eigenvalue weighted by Gasteiger charge is 2.08. The Kier molecular flexibility index (Phi) is 9.70. The van der Waals surface area contributed by atoms with Crippen LogP contribution in [-0.2, 0) is 16.0 Å². The van der Waals surface area contributed by atoms with Gasteiger partial charge in [-0.3, -0.25) is 14.6 Å². The Morgan fingerprint density at radius 1 is 1.11 bits per heavy atom. The van der Waals surface area contributed by atoms with E-state index in [-0.39, 0.29) is 29.6 Å². The smallest absolute Gasteiger partial charge is 0.173 e. The Morgan fingerprint density at radius 3 is 2.49 bits per heavy atom. The van der Waals surface area contributed by atoms with Crippen molar-refractivity contribution in [2.45, 2.75) is 40.0 Å². The molecule has 0 fully saturated rings. The standard InChI is InChI=1S/C31H33N3O3/c1-21-7-13-29(16-12-27(18-21)33-17-5-6-22(2)23(3)35)37-30-14-9-25(10-15-30)26-8-11-28(34-20-26)19-31(32)24(4)36/h7-15,18,20,22,32-33H,1,5-6,17,19H2,2-4H3. The fourth-order valence-corrected chi connectivity index (χ4v) is 3.53. The van der Waals surface area contributed by atoms with Gasteiger partial charge in [0.05, 0.1) is 5.71 Å². The molecule has 0 aliphatic heterocycles. The van der Waals surface area contributed by atoms with Crippen LogP contribution in [0.5, 0.6) is 5.75 Å². The average Bonchev–Trinajstić information content (AvgIpc) is 2.87. The first-order valence-corrected chi connectivity index (χ1v) is 12.3. The van der Waals surface area contributed by atoms with E-state index in [0.717, 1.165) is 41.8 Å². The van der Waals surface area contributed by atoms with Crippen molar-refractivity contribution in [1.29, 1.82) is 5.41 Å². The van der Waals surface area contributed by atoms with Gasteiger partial charge in [0, 0.05) is 55.0 Å². The lowest BCUT2D eigenvalue weighted by Crippen LogP contribution is -2.16. The van der Waals surface area contributed by atoms with E-state index in [2.05, 4.69) is 22.6 Å². The molecule has 1 aromatic heterocycles. The summed E-state index contributed by atoms with van der Waals surface area (Å²) >= 11 is 0. The number of aromatic nitrogens is 1. The number of Topliss-reactive ketones (excluding diaryl/α,β-unsaturated/α-hetero) is 2. The van der Waals surface area contributed by atoms with Crippen LogP contribution in [0.15, 0.2) is 96.2 Å². The zero-order chi connectivity index (χ0) is 26.8. The molecule has 0 bridgehead atoms. The molecule has 190 valence electrons. The third-order valence-corrected chi connectivity index (χ3v) is 6.02. The van der Waals surface area contributed by atoms with E-state index in [0.29, 0.717) is 17.2 Å². The molecule has 1 aliphatic carbocycles. The first-order chi connectivity index (χ1) is 17.7. The van der Waals surface area contributed by atoms with Crippen molar-refractivity contribution in [2.75, 3.05) is 6.54 Å². The minimum Gasteiger partial charge on any atom is -0.449 e. The maximum absolute atomic E-state index is 11.4. The van der Waals surface area contributed by atoms with Crippen molar-refractivity contribution < 1.29 is 14.3 Å². The molecule has 0 saturated carbocycles. The zero-order valence-corrected chi connectivity index (χ0v) is 21.6. The van der Waals surface area contributed by atoms with Gasteiger partial charge in [-0.1, -0.05) is 43.5 Å². The minimum atomic E-state index is -0.241. The summed E-state index contributed by atoms with van der Waals surface area (Å²) in [6.07, 6.45) is 11.2. The lowest BCUT2D eigenvalue weighted by atomic mass is 10.0. The number of ether oxygens (including phenoxy) is 1. The van der Waals surface area contributed by atoms with Crippen molar-refractivity contribution >= 4 is 17.3 Å². The predicted octanol–water partition coefficient (Wildman–Crippen LogP) is 5.92. The largest absolute Gasteiger partial charge is 0.449 e. The summed E-state index contributed by atoms with van der Waals surface area (Å²) in [5.41, 5.74) is 7.56. The van der Waals surface area contributed by atoms with Gasteiger partial charge in [0.25, 0.3) is 0 Å².